The summed E-state index contributed by atoms with van der Waals surface area (Å²) in [6, 6.07) is 8.18. The molecule has 0 aliphatic heterocycles. The van der Waals surface area contributed by atoms with Crippen LogP contribution < -0.4 is 0 Å². The molecule has 1 aromatic rings. The van der Waals surface area contributed by atoms with Crippen molar-refractivity contribution in [2.45, 2.75) is 46.1 Å². The molecule has 0 N–H and O–H groups in total. The maximum Gasteiger partial charge on any atom is 0.162 e. The predicted molar refractivity (Wildman–Crippen MR) is 84.7 cm³/mol. The summed E-state index contributed by atoms with van der Waals surface area (Å²) in [7, 11) is 0. The van der Waals surface area contributed by atoms with Crippen LogP contribution in [0, 0.1) is 0 Å². The molecular weight excluding hydrogens is 302 g/mol. The Morgan fingerprint density at radius 2 is 1.84 bits per heavy atom. The molecule has 0 spiro atoms. The van der Waals surface area contributed by atoms with Gasteiger partial charge in [0.15, 0.2) is 5.78 Å². The number of carbonyl (C=O) groups excluding carboxylic acids is 1. The minimum atomic E-state index is 0.243. The van der Waals surface area contributed by atoms with Gasteiger partial charge in [-0.05, 0) is 51.9 Å². The number of ketones is 1. The number of rotatable bonds is 8. The molecular formula is C16H24BrNO. The highest BCUT2D eigenvalue weighted by Crippen LogP contribution is 2.13. The zero-order valence-corrected chi connectivity index (χ0v) is 13.7. The fourth-order valence-corrected chi connectivity index (χ4v) is 2.40. The van der Waals surface area contributed by atoms with E-state index in [4.69, 9.17) is 0 Å². The molecule has 0 atom stereocenters. The second-order valence-electron chi connectivity index (χ2n) is 5.16. The molecule has 0 aliphatic carbocycles. The SMILES string of the molecule is CCCN(CCCC(=O)c1ccc(Br)cc1)C(C)C. The van der Waals surface area contributed by atoms with Gasteiger partial charge in [-0.3, -0.25) is 4.79 Å². The molecule has 0 heterocycles. The number of hydrogen-bond donors (Lipinski definition) is 0. The molecule has 1 aromatic carbocycles. The van der Waals surface area contributed by atoms with E-state index in [1.165, 1.54) is 6.42 Å². The van der Waals surface area contributed by atoms with E-state index in [1.807, 2.05) is 24.3 Å². The van der Waals surface area contributed by atoms with Gasteiger partial charge in [0.2, 0.25) is 0 Å². The van der Waals surface area contributed by atoms with E-state index in [-0.39, 0.29) is 5.78 Å². The number of Topliss-reactive ketones (excluding diaryl/α,β-unsaturated/α-hetero) is 1. The molecule has 106 valence electrons. The maximum atomic E-state index is 12.0. The lowest BCUT2D eigenvalue weighted by Gasteiger charge is -2.25. The maximum absolute atomic E-state index is 12.0. The molecule has 0 aromatic heterocycles. The van der Waals surface area contributed by atoms with Crippen molar-refractivity contribution in [3.8, 4) is 0 Å². The largest absolute Gasteiger partial charge is 0.301 e. The summed E-state index contributed by atoms with van der Waals surface area (Å²) < 4.78 is 1.01. The molecule has 2 nitrogen and oxygen atoms in total. The van der Waals surface area contributed by atoms with Crippen molar-refractivity contribution in [1.82, 2.24) is 4.90 Å². The van der Waals surface area contributed by atoms with Crippen molar-refractivity contribution in [1.29, 1.82) is 0 Å². The minimum Gasteiger partial charge on any atom is -0.301 e. The molecule has 0 amide bonds. The van der Waals surface area contributed by atoms with E-state index >= 15 is 0 Å². The first-order valence-corrected chi connectivity index (χ1v) is 7.86. The number of nitrogens with zero attached hydrogens (tertiary/aromatic N) is 1. The highest BCUT2D eigenvalue weighted by molar-refractivity contribution is 9.10. The van der Waals surface area contributed by atoms with Crippen molar-refractivity contribution < 1.29 is 4.79 Å². The normalized spacial score (nSPS) is 11.3. The van der Waals surface area contributed by atoms with Crippen LogP contribution in [0.25, 0.3) is 0 Å². The smallest absolute Gasteiger partial charge is 0.162 e. The van der Waals surface area contributed by atoms with Crippen LogP contribution in [0.1, 0.15) is 50.4 Å². The van der Waals surface area contributed by atoms with Crippen LogP contribution in [0.3, 0.4) is 0 Å². The zero-order valence-electron chi connectivity index (χ0n) is 12.2. The third-order valence-electron chi connectivity index (χ3n) is 3.26. The third kappa shape index (κ3) is 5.87. The lowest BCUT2D eigenvalue weighted by atomic mass is 10.1. The predicted octanol–water partition coefficient (Wildman–Crippen LogP) is 4.53. The van der Waals surface area contributed by atoms with E-state index in [2.05, 4.69) is 41.6 Å². The van der Waals surface area contributed by atoms with E-state index in [0.29, 0.717) is 12.5 Å². The molecule has 0 radical (unpaired) electrons. The van der Waals surface area contributed by atoms with Gasteiger partial charge in [0.05, 0.1) is 0 Å². The highest BCUT2D eigenvalue weighted by Gasteiger charge is 2.10. The first-order chi connectivity index (χ1) is 9.04. The molecule has 0 saturated heterocycles. The second kappa shape index (κ2) is 8.49. The zero-order chi connectivity index (χ0) is 14.3. The van der Waals surface area contributed by atoms with Gasteiger partial charge >= 0.3 is 0 Å². The highest BCUT2D eigenvalue weighted by atomic mass is 79.9. The molecule has 1 rings (SSSR count). The Morgan fingerprint density at radius 1 is 1.21 bits per heavy atom. The van der Waals surface area contributed by atoms with Crippen LogP contribution in [-0.2, 0) is 0 Å². The van der Waals surface area contributed by atoms with Gasteiger partial charge in [-0.15, -0.1) is 0 Å². The summed E-state index contributed by atoms with van der Waals surface area (Å²) in [5.74, 6) is 0.243. The quantitative estimate of drug-likeness (QED) is 0.654. The van der Waals surface area contributed by atoms with Gasteiger partial charge < -0.3 is 4.90 Å². The molecule has 0 saturated carbocycles. The van der Waals surface area contributed by atoms with Crippen molar-refractivity contribution in [3.63, 3.8) is 0 Å². The molecule has 19 heavy (non-hydrogen) atoms. The van der Waals surface area contributed by atoms with Gasteiger partial charge in [0, 0.05) is 22.5 Å². The van der Waals surface area contributed by atoms with Crippen LogP contribution >= 0.6 is 15.9 Å². The Morgan fingerprint density at radius 3 is 2.37 bits per heavy atom. The molecule has 0 aliphatic rings. The number of halogens is 1. The van der Waals surface area contributed by atoms with E-state index in [1.54, 1.807) is 0 Å². The molecule has 0 bridgehead atoms. The van der Waals surface area contributed by atoms with Gasteiger partial charge in [-0.1, -0.05) is 35.0 Å². The lowest BCUT2D eigenvalue weighted by molar-refractivity contribution is 0.0971. The van der Waals surface area contributed by atoms with Gasteiger partial charge in [0.1, 0.15) is 0 Å². The average molecular weight is 326 g/mol. The summed E-state index contributed by atoms with van der Waals surface area (Å²) in [6.07, 6.45) is 2.74. The van der Waals surface area contributed by atoms with Crippen molar-refractivity contribution in [3.05, 3.63) is 34.3 Å². The molecule has 0 unspecified atom stereocenters. The van der Waals surface area contributed by atoms with Crippen molar-refractivity contribution in [2.75, 3.05) is 13.1 Å². The lowest BCUT2D eigenvalue weighted by Crippen LogP contribution is -2.32. The second-order valence-corrected chi connectivity index (χ2v) is 6.08. The summed E-state index contributed by atoms with van der Waals surface area (Å²) in [4.78, 5) is 14.5. The van der Waals surface area contributed by atoms with Gasteiger partial charge in [-0.25, -0.2) is 0 Å². The van der Waals surface area contributed by atoms with E-state index in [0.717, 1.165) is 29.5 Å². The van der Waals surface area contributed by atoms with Crippen molar-refractivity contribution >= 4 is 21.7 Å². The molecule has 0 fully saturated rings. The number of carbonyl (C=O) groups is 1. The van der Waals surface area contributed by atoms with E-state index in [9.17, 15) is 4.79 Å². The van der Waals surface area contributed by atoms with Crippen LogP contribution in [0.5, 0.6) is 0 Å². The average Bonchev–Trinajstić information content (AvgIpc) is 2.38. The minimum absolute atomic E-state index is 0.243. The summed E-state index contributed by atoms with van der Waals surface area (Å²) in [6.45, 7) is 8.75. The van der Waals surface area contributed by atoms with Crippen LogP contribution in [0.2, 0.25) is 0 Å². The van der Waals surface area contributed by atoms with Crippen LogP contribution in [0.15, 0.2) is 28.7 Å². The first kappa shape index (κ1) is 16.4. The van der Waals surface area contributed by atoms with Crippen molar-refractivity contribution in [2.24, 2.45) is 0 Å². The Labute approximate surface area is 125 Å². The summed E-state index contributed by atoms with van der Waals surface area (Å²) >= 11 is 3.38. The third-order valence-corrected chi connectivity index (χ3v) is 3.79. The topological polar surface area (TPSA) is 20.3 Å². The Hall–Kier alpha value is -0.670. The van der Waals surface area contributed by atoms with Crippen LogP contribution in [-0.4, -0.2) is 29.8 Å². The fraction of sp³-hybridized carbons (Fsp3) is 0.562. The van der Waals surface area contributed by atoms with Gasteiger partial charge in [0.25, 0.3) is 0 Å². The fourth-order valence-electron chi connectivity index (χ4n) is 2.14. The first-order valence-electron chi connectivity index (χ1n) is 7.07. The molecule has 3 heteroatoms. The van der Waals surface area contributed by atoms with Gasteiger partial charge in [-0.2, -0.15) is 0 Å². The summed E-state index contributed by atoms with van der Waals surface area (Å²) in [5.41, 5.74) is 0.815. The number of benzene rings is 1. The Kier molecular flexibility index (Phi) is 7.32. The van der Waals surface area contributed by atoms with Crippen LogP contribution in [0.4, 0.5) is 0 Å². The Bertz CT molecular complexity index is 386. The Balaban J connectivity index is 2.39. The number of hydrogen-bond acceptors (Lipinski definition) is 2. The standard InChI is InChI=1S/C16H24BrNO/c1-4-11-18(13(2)3)12-5-6-16(19)14-7-9-15(17)10-8-14/h7-10,13H,4-6,11-12H2,1-3H3. The van der Waals surface area contributed by atoms with E-state index < -0.39 is 0 Å². The summed E-state index contributed by atoms with van der Waals surface area (Å²) in [5, 5.41) is 0. The monoisotopic (exact) mass is 325 g/mol.